The summed E-state index contributed by atoms with van der Waals surface area (Å²) in [5.41, 5.74) is 3.60. The summed E-state index contributed by atoms with van der Waals surface area (Å²) in [6.07, 6.45) is 3.94. The molecule has 0 unspecified atom stereocenters. The minimum absolute atomic E-state index is 0.202. The first-order chi connectivity index (χ1) is 10.7. The number of hydrogen-bond donors (Lipinski definition) is 1. The highest BCUT2D eigenvalue weighted by molar-refractivity contribution is 5.85. The summed E-state index contributed by atoms with van der Waals surface area (Å²) >= 11 is 0. The van der Waals surface area contributed by atoms with Gasteiger partial charge in [0.25, 0.3) is 0 Å². The Morgan fingerprint density at radius 1 is 1.05 bits per heavy atom. The van der Waals surface area contributed by atoms with Crippen LogP contribution in [0.1, 0.15) is 16.8 Å². The average molecular weight is 291 g/mol. The van der Waals surface area contributed by atoms with E-state index in [-0.39, 0.29) is 5.75 Å². The molecule has 3 nitrogen and oxygen atoms in total. The van der Waals surface area contributed by atoms with E-state index in [1.54, 1.807) is 13.2 Å². The molecule has 0 radical (unpaired) electrons. The van der Waals surface area contributed by atoms with Crippen molar-refractivity contribution in [2.24, 2.45) is 0 Å². The average Bonchev–Trinajstić information content (AvgIpc) is 2.53. The van der Waals surface area contributed by atoms with Gasteiger partial charge < -0.3 is 9.84 Å². The number of phenolic OH excluding ortho intramolecular Hbond substituents is 1. The predicted octanol–water partition coefficient (Wildman–Crippen LogP) is 4.43. The number of aromatic nitrogens is 1. The largest absolute Gasteiger partial charge is 0.506 e. The fourth-order valence-electron chi connectivity index (χ4n) is 2.43. The lowest BCUT2D eigenvalue weighted by atomic mass is 10.1. The highest BCUT2D eigenvalue weighted by Crippen LogP contribution is 2.23. The molecule has 2 aromatic carbocycles. The molecule has 3 heteroatoms. The van der Waals surface area contributed by atoms with Gasteiger partial charge in [-0.2, -0.15) is 0 Å². The molecular weight excluding hydrogens is 274 g/mol. The first-order valence-corrected chi connectivity index (χ1v) is 7.09. The van der Waals surface area contributed by atoms with Crippen molar-refractivity contribution in [1.82, 2.24) is 4.98 Å². The van der Waals surface area contributed by atoms with Crippen LogP contribution in [0.5, 0.6) is 11.5 Å². The molecule has 1 aromatic heterocycles. The van der Waals surface area contributed by atoms with Crippen LogP contribution in [0.3, 0.4) is 0 Å². The third kappa shape index (κ3) is 2.79. The van der Waals surface area contributed by atoms with Crippen molar-refractivity contribution in [3.8, 4) is 11.5 Å². The Balaban J connectivity index is 1.92. The number of hydrogen-bond acceptors (Lipinski definition) is 3. The van der Waals surface area contributed by atoms with Crippen LogP contribution in [0.2, 0.25) is 0 Å². The van der Waals surface area contributed by atoms with Crippen molar-refractivity contribution in [2.75, 3.05) is 7.11 Å². The Morgan fingerprint density at radius 2 is 1.91 bits per heavy atom. The summed E-state index contributed by atoms with van der Waals surface area (Å²) in [5.74, 6) is 1.08. The molecule has 1 heterocycles. The number of aromatic hydroxyl groups is 1. The minimum Gasteiger partial charge on any atom is -0.506 e. The van der Waals surface area contributed by atoms with Crippen LogP contribution in [0, 0.1) is 6.92 Å². The molecule has 0 aliphatic carbocycles. The number of para-hydroxylation sites is 1. The van der Waals surface area contributed by atoms with Crippen molar-refractivity contribution < 1.29 is 9.84 Å². The second kappa shape index (κ2) is 5.90. The van der Waals surface area contributed by atoms with E-state index in [0.29, 0.717) is 5.52 Å². The molecule has 3 rings (SSSR count). The number of methoxy groups -OCH3 is 1. The smallest absolute Gasteiger partial charge is 0.141 e. The second-order valence-electron chi connectivity index (χ2n) is 5.15. The molecule has 1 N–H and O–H groups in total. The van der Waals surface area contributed by atoms with Crippen LogP contribution >= 0.6 is 0 Å². The highest BCUT2D eigenvalue weighted by Gasteiger charge is 2.01. The van der Waals surface area contributed by atoms with Crippen molar-refractivity contribution >= 4 is 23.1 Å². The van der Waals surface area contributed by atoms with Gasteiger partial charge in [0.15, 0.2) is 0 Å². The van der Waals surface area contributed by atoms with Crippen molar-refractivity contribution in [1.29, 1.82) is 0 Å². The highest BCUT2D eigenvalue weighted by atomic mass is 16.5. The molecule has 0 saturated heterocycles. The molecule has 0 amide bonds. The molecule has 0 aliphatic heterocycles. The zero-order chi connectivity index (χ0) is 15.5. The normalized spacial score (nSPS) is 11.2. The molecular formula is C19H17NO2. The molecule has 110 valence electrons. The molecule has 0 spiro atoms. The maximum absolute atomic E-state index is 9.87. The van der Waals surface area contributed by atoms with E-state index < -0.39 is 0 Å². The van der Waals surface area contributed by atoms with Gasteiger partial charge in [0, 0.05) is 5.39 Å². The topological polar surface area (TPSA) is 42.4 Å². The van der Waals surface area contributed by atoms with E-state index in [0.717, 1.165) is 28.0 Å². The van der Waals surface area contributed by atoms with Gasteiger partial charge in [0.1, 0.15) is 17.0 Å². The Labute approximate surface area is 129 Å². The van der Waals surface area contributed by atoms with Crippen LogP contribution in [0.4, 0.5) is 0 Å². The van der Waals surface area contributed by atoms with Crippen molar-refractivity contribution in [2.45, 2.75) is 6.92 Å². The number of nitrogens with zero attached hydrogens (tertiary/aromatic N) is 1. The number of aryl methyl sites for hydroxylation is 1. The second-order valence-corrected chi connectivity index (χ2v) is 5.15. The third-order valence-corrected chi connectivity index (χ3v) is 3.59. The third-order valence-electron chi connectivity index (χ3n) is 3.59. The number of phenols is 1. The Bertz CT molecular complexity index is 853. The number of pyridine rings is 1. The van der Waals surface area contributed by atoms with Crippen LogP contribution in [0.15, 0.2) is 48.5 Å². The van der Waals surface area contributed by atoms with Gasteiger partial charge in [-0.3, -0.25) is 0 Å². The summed E-state index contributed by atoms with van der Waals surface area (Å²) < 4.78 is 5.26. The number of fused-ring (bicyclic) bond motifs is 1. The Hall–Kier alpha value is -2.81. The summed E-state index contributed by atoms with van der Waals surface area (Å²) in [5, 5.41) is 10.8. The lowest BCUT2D eigenvalue weighted by Crippen LogP contribution is -1.87. The summed E-state index contributed by atoms with van der Waals surface area (Å²) in [7, 11) is 1.67. The molecule has 0 fully saturated rings. The molecule has 22 heavy (non-hydrogen) atoms. The van der Waals surface area contributed by atoms with Gasteiger partial charge >= 0.3 is 0 Å². The first-order valence-electron chi connectivity index (χ1n) is 7.09. The number of rotatable bonds is 3. The van der Waals surface area contributed by atoms with E-state index >= 15 is 0 Å². The molecule has 0 saturated carbocycles. The van der Waals surface area contributed by atoms with Crippen molar-refractivity contribution in [3.05, 3.63) is 65.4 Å². The van der Waals surface area contributed by atoms with Gasteiger partial charge in [-0.15, -0.1) is 0 Å². The molecule has 0 atom stereocenters. The van der Waals surface area contributed by atoms with E-state index in [2.05, 4.69) is 11.1 Å². The van der Waals surface area contributed by atoms with Crippen LogP contribution < -0.4 is 4.74 Å². The summed E-state index contributed by atoms with van der Waals surface area (Å²) in [4.78, 5) is 4.48. The summed E-state index contributed by atoms with van der Waals surface area (Å²) in [6, 6.07) is 15.3. The first kappa shape index (κ1) is 14.1. The van der Waals surface area contributed by atoms with Gasteiger partial charge in [-0.05, 0) is 48.4 Å². The quantitative estimate of drug-likeness (QED) is 0.776. The summed E-state index contributed by atoms with van der Waals surface area (Å²) in [6.45, 7) is 2.02. The molecule has 3 aromatic rings. The molecule has 0 aliphatic rings. The minimum atomic E-state index is 0.202. The fourth-order valence-corrected chi connectivity index (χ4v) is 2.43. The lowest BCUT2D eigenvalue weighted by Gasteiger charge is -2.05. The Kier molecular flexibility index (Phi) is 3.79. The predicted molar refractivity (Wildman–Crippen MR) is 90.1 cm³/mol. The van der Waals surface area contributed by atoms with Gasteiger partial charge in [0.05, 0.1) is 12.8 Å². The number of ether oxygens (including phenoxy) is 1. The van der Waals surface area contributed by atoms with E-state index in [9.17, 15) is 5.11 Å². The number of benzene rings is 2. The standard InChI is InChI=1S/C19H17NO2/c1-13-12-14(7-11-18(13)22-2)6-9-16-10-8-15-4-3-5-17(21)19(15)20-16/h3-12,21H,1-2H3. The van der Waals surface area contributed by atoms with Gasteiger partial charge in [-0.25, -0.2) is 4.98 Å². The lowest BCUT2D eigenvalue weighted by molar-refractivity contribution is 0.411. The fraction of sp³-hybridized carbons (Fsp3) is 0.105. The molecule has 0 bridgehead atoms. The van der Waals surface area contributed by atoms with E-state index in [1.807, 2.05) is 55.5 Å². The van der Waals surface area contributed by atoms with Crippen LogP contribution in [-0.4, -0.2) is 17.2 Å². The van der Waals surface area contributed by atoms with Crippen LogP contribution in [-0.2, 0) is 0 Å². The van der Waals surface area contributed by atoms with Gasteiger partial charge in [0.2, 0.25) is 0 Å². The Morgan fingerprint density at radius 3 is 2.68 bits per heavy atom. The zero-order valence-corrected chi connectivity index (χ0v) is 12.6. The van der Waals surface area contributed by atoms with Crippen molar-refractivity contribution in [3.63, 3.8) is 0 Å². The van der Waals surface area contributed by atoms with E-state index in [4.69, 9.17) is 4.74 Å². The van der Waals surface area contributed by atoms with E-state index in [1.165, 1.54) is 0 Å². The zero-order valence-electron chi connectivity index (χ0n) is 12.6. The maximum Gasteiger partial charge on any atom is 0.141 e. The monoisotopic (exact) mass is 291 g/mol. The SMILES string of the molecule is COc1ccc(C=Cc2ccc3cccc(O)c3n2)cc1C. The maximum atomic E-state index is 9.87. The van der Waals surface area contributed by atoms with Gasteiger partial charge in [-0.1, -0.05) is 30.3 Å². The van der Waals surface area contributed by atoms with Crippen LogP contribution in [0.25, 0.3) is 23.1 Å².